The Morgan fingerprint density at radius 2 is 1.72 bits per heavy atom. The van der Waals surface area contributed by atoms with Crippen molar-refractivity contribution in [1.82, 2.24) is 24.8 Å². The number of carbonyl (C=O) groups excluding carboxylic acids is 2. The summed E-state index contributed by atoms with van der Waals surface area (Å²) in [6.45, 7) is 9.44. The van der Waals surface area contributed by atoms with Gasteiger partial charge < -0.3 is 9.80 Å². The Kier molecular flexibility index (Phi) is 8.38. The number of para-hydroxylation sites is 1. The van der Waals surface area contributed by atoms with Gasteiger partial charge in [-0.3, -0.25) is 19.5 Å². The Hall–Kier alpha value is -3.65. The van der Waals surface area contributed by atoms with E-state index in [1.807, 2.05) is 60.2 Å². The van der Waals surface area contributed by atoms with E-state index in [9.17, 15) is 9.59 Å². The molecule has 0 bridgehead atoms. The van der Waals surface area contributed by atoms with Crippen molar-refractivity contribution < 1.29 is 9.59 Å². The van der Waals surface area contributed by atoms with Gasteiger partial charge in [-0.15, -0.1) is 0 Å². The second-order valence-electron chi connectivity index (χ2n) is 9.50. The molecule has 36 heavy (non-hydrogen) atoms. The van der Waals surface area contributed by atoms with Crippen LogP contribution in [-0.4, -0.2) is 62.7 Å². The van der Waals surface area contributed by atoms with Crippen molar-refractivity contribution in [2.24, 2.45) is 0 Å². The Morgan fingerprint density at radius 3 is 2.42 bits per heavy atom. The number of hydrogen-bond donors (Lipinski definition) is 0. The minimum atomic E-state index is -0.116. The summed E-state index contributed by atoms with van der Waals surface area (Å²) in [4.78, 5) is 45.3. The van der Waals surface area contributed by atoms with Crippen LogP contribution < -0.4 is 4.90 Å². The zero-order valence-corrected chi connectivity index (χ0v) is 21.3. The van der Waals surface area contributed by atoms with Crippen LogP contribution in [0.1, 0.15) is 60.4 Å². The third kappa shape index (κ3) is 6.31. The topological polar surface area (TPSA) is 82.5 Å². The summed E-state index contributed by atoms with van der Waals surface area (Å²) in [7, 11) is 0. The predicted molar refractivity (Wildman–Crippen MR) is 139 cm³/mol. The third-order valence-corrected chi connectivity index (χ3v) is 6.42. The molecule has 0 aliphatic carbocycles. The maximum atomic E-state index is 13.7. The minimum Gasteiger partial charge on any atom is -0.333 e. The summed E-state index contributed by atoms with van der Waals surface area (Å²) >= 11 is 0. The molecular weight excluding hydrogens is 452 g/mol. The molecule has 8 heteroatoms. The van der Waals surface area contributed by atoms with Crippen molar-refractivity contribution in [3.63, 3.8) is 0 Å². The van der Waals surface area contributed by atoms with Crippen molar-refractivity contribution in [2.75, 3.05) is 31.1 Å². The van der Waals surface area contributed by atoms with E-state index in [-0.39, 0.29) is 17.7 Å². The fourth-order valence-electron chi connectivity index (χ4n) is 4.48. The average Bonchev–Trinajstić information content (AvgIpc) is 2.92. The summed E-state index contributed by atoms with van der Waals surface area (Å²) in [6.07, 6.45) is 7.71. The first-order valence-corrected chi connectivity index (χ1v) is 12.5. The molecule has 1 aliphatic heterocycles. The van der Waals surface area contributed by atoms with Gasteiger partial charge in [0.2, 0.25) is 5.91 Å². The quantitative estimate of drug-likeness (QED) is 0.556. The monoisotopic (exact) mass is 486 g/mol. The normalized spacial score (nSPS) is 15.3. The van der Waals surface area contributed by atoms with Crippen LogP contribution in [0.3, 0.4) is 0 Å². The first kappa shape index (κ1) is 25.4. The summed E-state index contributed by atoms with van der Waals surface area (Å²) in [6, 6.07) is 11.8. The van der Waals surface area contributed by atoms with Gasteiger partial charge in [0.05, 0.1) is 5.56 Å². The van der Waals surface area contributed by atoms with Gasteiger partial charge in [-0.25, -0.2) is 9.97 Å². The number of hydrogen-bond acceptors (Lipinski definition) is 6. The maximum absolute atomic E-state index is 13.7. The van der Waals surface area contributed by atoms with E-state index < -0.39 is 0 Å². The number of benzene rings is 1. The van der Waals surface area contributed by atoms with Crippen molar-refractivity contribution in [3.05, 3.63) is 83.7 Å². The highest BCUT2D eigenvalue weighted by Gasteiger charge is 2.23. The number of carbonyl (C=O) groups is 2. The minimum absolute atomic E-state index is 0.00365. The van der Waals surface area contributed by atoms with Gasteiger partial charge in [-0.1, -0.05) is 38.1 Å². The molecule has 3 aromatic rings. The average molecular weight is 487 g/mol. The van der Waals surface area contributed by atoms with E-state index in [2.05, 4.69) is 25.9 Å². The molecule has 0 N–H and O–H groups in total. The molecule has 0 unspecified atom stereocenters. The molecule has 0 atom stereocenters. The Morgan fingerprint density at radius 1 is 0.944 bits per heavy atom. The van der Waals surface area contributed by atoms with Gasteiger partial charge in [0.25, 0.3) is 5.91 Å². The fourth-order valence-corrected chi connectivity index (χ4v) is 4.48. The molecule has 3 heterocycles. The van der Waals surface area contributed by atoms with Crippen molar-refractivity contribution in [1.29, 1.82) is 0 Å². The van der Waals surface area contributed by atoms with Gasteiger partial charge in [0, 0.05) is 82.6 Å². The van der Waals surface area contributed by atoms with Crippen LogP contribution in [-0.2, 0) is 17.9 Å². The van der Waals surface area contributed by atoms with Crippen LogP contribution >= 0.6 is 0 Å². The third-order valence-electron chi connectivity index (χ3n) is 6.42. The lowest BCUT2D eigenvalue weighted by atomic mass is 10.1. The first-order chi connectivity index (χ1) is 17.4. The number of pyridine rings is 1. The van der Waals surface area contributed by atoms with Crippen molar-refractivity contribution >= 4 is 17.5 Å². The highest BCUT2D eigenvalue weighted by molar-refractivity contribution is 5.94. The molecular formula is C28H34N6O2. The largest absolute Gasteiger partial charge is 0.333 e. The molecule has 0 radical (unpaired) electrons. The number of aromatic nitrogens is 3. The van der Waals surface area contributed by atoms with Crippen LogP contribution in [0.15, 0.2) is 61.2 Å². The molecule has 0 saturated carbocycles. The van der Waals surface area contributed by atoms with Crippen LogP contribution in [0.2, 0.25) is 0 Å². The standard InChI is InChI=1S/C28H34N6O2/c1-21(2)27-30-17-25(18-31-27)28(36)33-15-14-32(19-23-8-6-11-29-16-23)12-7-13-34(22(3)35)26-10-5-4-9-24(26)20-33/h4-6,8-11,16-18,21H,7,12-15,19-20H2,1-3H3. The second kappa shape index (κ2) is 11.9. The Labute approximate surface area is 213 Å². The number of fused-ring (bicyclic) bond motifs is 1. The highest BCUT2D eigenvalue weighted by atomic mass is 16.2. The molecule has 8 nitrogen and oxygen atoms in total. The number of anilines is 1. The molecule has 0 saturated heterocycles. The SMILES string of the molecule is CC(=O)N1CCCN(Cc2cccnc2)CCN(C(=O)c2cnc(C(C)C)nc2)Cc2ccccc21. The predicted octanol–water partition coefficient (Wildman–Crippen LogP) is 3.90. The van der Waals surface area contributed by atoms with E-state index in [1.54, 1.807) is 25.5 Å². The zero-order chi connectivity index (χ0) is 25.5. The lowest BCUT2D eigenvalue weighted by Gasteiger charge is -2.28. The van der Waals surface area contributed by atoms with E-state index in [0.717, 1.165) is 36.3 Å². The molecule has 0 fully saturated rings. The molecule has 2 aromatic heterocycles. The van der Waals surface area contributed by atoms with E-state index >= 15 is 0 Å². The molecule has 0 spiro atoms. The van der Waals surface area contributed by atoms with Crippen molar-refractivity contribution in [2.45, 2.75) is 46.2 Å². The molecule has 188 valence electrons. The van der Waals surface area contributed by atoms with Gasteiger partial charge >= 0.3 is 0 Å². The van der Waals surface area contributed by atoms with Crippen molar-refractivity contribution in [3.8, 4) is 0 Å². The van der Waals surface area contributed by atoms with Crippen LogP contribution in [0.25, 0.3) is 0 Å². The van der Waals surface area contributed by atoms with Gasteiger partial charge in [0.1, 0.15) is 5.82 Å². The summed E-state index contributed by atoms with van der Waals surface area (Å²) < 4.78 is 0. The van der Waals surface area contributed by atoms with Crippen LogP contribution in [0, 0.1) is 0 Å². The fraction of sp³-hybridized carbons (Fsp3) is 0.393. The molecule has 1 aliphatic rings. The van der Waals surface area contributed by atoms with E-state index in [1.165, 1.54) is 0 Å². The number of rotatable bonds is 4. The smallest absolute Gasteiger partial charge is 0.257 e. The molecule has 2 amide bonds. The van der Waals surface area contributed by atoms with Crippen LogP contribution in [0.4, 0.5) is 5.69 Å². The zero-order valence-electron chi connectivity index (χ0n) is 21.3. The Balaban J connectivity index is 1.65. The van der Waals surface area contributed by atoms with E-state index in [4.69, 9.17) is 0 Å². The van der Waals surface area contributed by atoms with E-state index in [0.29, 0.717) is 37.6 Å². The van der Waals surface area contributed by atoms with Gasteiger partial charge in [-0.2, -0.15) is 0 Å². The van der Waals surface area contributed by atoms with Gasteiger partial charge in [0.15, 0.2) is 0 Å². The summed E-state index contributed by atoms with van der Waals surface area (Å²) in [5.74, 6) is 0.789. The number of nitrogens with zero attached hydrogens (tertiary/aromatic N) is 6. The second-order valence-corrected chi connectivity index (χ2v) is 9.50. The maximum Gasteiger partial charge on any atom is 0.257 e. The highest BCUT2D eigenvalue weighted by Crippen LogP contribution is 2.24. The number of amides is 2. The summed E-state index contributed by atoms with van der Waals surface area (Å²) in [5.41, 5.74) is 3.39. The lowest BCUT2D eigenvalue weighted by Crippen LogP contribution is -2.38. The molecule has 4 rings (SSSR count). The van der Waals surface area contributed by atoms with Crippen LogP contribution in [0.5, 0.6) is 0 Å². The summed E-state index contributed by atoms with van der Waals surface area (Å²) in [5, 5.41) is 0. The van der Waals surface area contributed by atoms with Gasteiger partial charge in [-0.05, 0) is 29.7 Å². The first-order valence-electron chi connectivity index (χ1n) is 12.5. The Bertz CT molecular complexity index is 1170. The molecule has 1 aromatic carbocycles. The lowest BCUT2D eigenvalue weighted by molar-refractivity contribution is -0.116.